The molecule has 1 amide bonds. The SMILES string of the molecule is CC(C(=O)NCC(C)(C)C(=O)O)C1CCOCC1. The summed E-state index contributed by atoms with van der Waals surface area (Å²) in [5.41, 5.74) is -0.926. The lowest BCUT2D eigenvalue weighted by Gasteiger charge is -2.28. The van der Waals surface area contributed by atoms with Crippen molar-refractivity contribution in [3.8, 4) is 0 Å². The second kappa shape index (κ2) is 6.18. The zero-order chi connectivity index (χ0) is 13.8. The normalized spacial score (nSPS) is 19.3. The number of rotatable bonds is 5. The molecule has 1 aliphatic rings. The molecule has 2 N–H and O–H groups in total. The highest BCUT2D eigenvalue weighted by molar-refractivity contribution is 5.80. The summed E-state index contributed by atoms with van der Waals surface area (Å²) >= 11 is 0. The predicted molar refractivity (Wildman–Crippen MR) is 67.1 cm³/mol. The average molecular weight is 257 g/mol. The summed E-state index contributed by atoms with van der Waals surface area (Å²) in [5.74, 6) is -0.706. The van der Waals surface area contributed by atoms with Gasteiger partial charge in [-0.2, -0.15) is 0 Å². The van der Waals surface area contributed by atoms with Gasteiger partial charge in [0.05, 0.1) is 5.41 Å². The maximum absolute atomic E-state index is 12.0. The number of carboxylic acid groups (broad SMARTS) is 1. The van der Waals surface area contributed by atoms with Gasteiger partial charge in [-0.3, -0.25) is 9.59 Å². The van der Waals surface area contributed by atoms with Crippen LogP contribution in [-0.2, 0) is 14.3 Å². The highest BCUT2D eigenvalue weighted by Crippen LogP contribution is 2.24. The van der Waals surface area contributed by atoms with Crippen molar-refractivity contribution in [2.75, 3.05) is 19.8 Å². The van der Waals surface area contributed by atoms with Crippen LogP contribution in [0.15, 0.2) is 0 Å². The van der Waals surface area contributed by atoms with Crippen LogP contribution in [0.1, 0.15) is 33.6 Å². The van der Waals surface area contributed by atoms with Crippen LogP contribution in [0, 0.1) is 17.3 Å². The van der Waals surface area contributed by atoms with Crippen LogP contribution in [0.4, 0.5) is 0 Å². The standard InChI is InChI=1S/C13H23NO4/c1-9(10-4-6-18-7-5-10)11(15)14-8-13(2,3)12(16)17/h9-10H,4-8H2,1-3H3,(H,14,15)(H,16,17). The largest absolute Gasteiger partial charge is 0.481 e. The third-order valence-electron chi connectivity index (χ3n) is 3.67. The van der Waals surface area contributed by atoms with Crippen molar-refractivity contribution < 1.29 is 19.4 Å². The smallest absolute Gasteiger partial charge is 0.310 e. The molecule has 0 aromatic carbocycles. The predicted octanol–water partition coefficient (Wildman–Crippen LogP) is 1.28. The lowest BCUT2D eigenvalue weighted by molar-refractivity contribution is -0.147. The van der Waals surface area contributed by atoms with Gasteiger partial charge in [0.2, 0.25) is 5.91 Å². The number of ether oxygens (including phenoxy) is 1. The molecule has 0 aromatic rings. The van der Waals surface area contributed by atoms with E-state index in [1.54, 1.807) is 13.8 Å². The highest BCUT2D eigenvalue weighted by atomic mass is 16.5. The minimum absolute atomic E-state index is 0.0591. The Morgan fingerprint density at radius 2 is 1.94 bits per heavy atom. The molecule has 104 valence electrons. The number of amides is 1. The molecule has 0 saturated carbocycles. The van der Waals surface area contributed by atoms with Gasteiger partial charge in [0, 0.05) is 25.7 Å². The van der Waals surface area contributed by atoms with Crippen molar-refractivity contribution in [1.29, 1.82) is 0 Å². The number of hydrogen-bond donors (Lipinski definition) is 2. The van der Waals surface area contributed by atoms with Gasteiger partial charge in [0.25, 0.3) is 0 Å². The molecule has 1 saturated heterocycles. The Labute approximate surface area is 108 Å². The van der Waals surface area contributed by atoms with E-state index in [0.717, 1.165) is 12.8 Å². The number of aliphatic carboxylic acids is 1. The molecule has 1 unspecified atom stereocenters. The molecule has 1 fully saturated rings. The summed E-state index contributed by atoms with van der Waals surface area (Å²) in [4.78, 5) is 22.9. The molecule has 0 radical (unpaired) electrons. The van der Waals surface area contributed by atoms with Crippen LogP contribution in [0.3, 0.4) is 0 Å². The van der Waals surface area contributed by atoms with Crippen LogP contribution in [0.5, 0.6) is 0 Å². The molecule has 1 aliphatic heterocycles. The maximum atomic E-state index is 12.0. The van der Waals surface area contributed by atoms with Crippen LogP contribution < -0.4 is 5.32 Å². The lowest BCUT2D eigenvalue weighted by atomic mass is 9.86. The first kappa shape index (κ1) is 15.0. The minimum Gasteiger partial charge on any atom is -0.481 e. The Kier molecular flexibility index (Phi) is 5.14. The number of carboxylic acids is 1. The molecule has 0 spiro atoms. The third-order valence-corrected chi connectivity index (χ3v) is 3.67. The number of nitrogens with one attached hydrogen (secondary N) is 1. The van der Waals surface area contributed by atoms with Crippen LogP contribution >= 0.6 is 0 Å². The van der Waals surface area contributed by atoms with Gasteiger partial charge in [-0.15, -0.1) is 0 Å². The van der Waals surface area contributed by atoms with E-state index in [1.807, 2.05) is 6.92 Å². The Bertz CT molecular complexity index is 308. The second-order valence-corrected chi connectivity index (χ2v) is 5.65. The number of hydrogen-bond acceptors (Lipinski definition) is 3. The molecule has 5 heteroatoms. The van der Waals surface area contributed by atoms with Gasteiger partial charge in [0.15, 0.2) is 0 Å². The Morgan fingerprint density at radius 1 is 1.39 bits per heavy atom. The first-order valence-electron chi connectivity index (χ1n) is 6.43. The summed E-state index contributed by atoms with van der Waals surface area (Å²) in [6, 6.07) is 0. The molecule has 5 nitrogen and oxygen atoms in total. The van der Waals surface area contributed by atoms with Crippen molar-refractivity contribution in [3.05, 3.63) is 0 Å². The van der Waals surface area contributed by atoms with Crippen molar-refractivity contribution in [3.63, 3.8) is 0 Å². The van der Waals surface area contributed by atoms with Crippen molar-refractivity contribution in [1.82, 2.24) is 5.32 Å². The average Bonchev–Trinajstić information content (AvgIpc) is 2.36. The number of carbonyl (C=O) groups is 2. The first-order chi connectivity index (χ1) is 8.34. The van der Waals surface area contributed by atoms with Gasteiger partial charge in [0.1, 0.15) is 0 Å². The van der Waals surface area contributed by atoms with Crippen LogP contribution in [-0.4, -0.2) is 36.7 Å². The summed E-state index contributed by atoms with van der Waals surface area (Å²) in [5, 5.41) is 11.7. The van der Waals surface area contributed by atoms with Gasteiger partial charge in [-0.1, -0.05) is 6.92 Å². The summed E-state index contributed by atoms with van der Waals surface area (Å²) in [7, 11) is 0. The van der Waals surface area contributed by atoms with Gasteiger partial charge in [-0.05, 0) is 32.6 Å². The van der Waals surface area contributed by atoms with E-state index in [-0.39, 0.29) is 18.4 Å². The molecule has 1 heterocycles. The summed E-state index contributed by atoms with van der Waals surface area (Å²) in [6.45, 7) is 6.70. The van der Waals surface area contributed by atoms with E-state index >= 15 is 0 Å². The molecule has 18 heavy (non-hydrogen) atoms. The third kappa shape index (κ3) is 3.98. The van der Waals surface area contributed by atoms with E-state index in [0.29, 0.717) is 19.1 Å². The Balaban J connectivity index is 2.42. The summed E-state index contributed by atoms with van der Waals surface area (Å²) in [6.07, 6.45) is 1.80. The quantitative estimate of drug-likeness (QED) is 0.778. The van der Waals surface area contributed by atoms with Gasteiger partial charge >= 0.3 is 5.97 Å². The fourth-order valence-corrected chi connectivity index (χ4v) is 1.97. The molecule has 0 aromatic heterocycles. The molecule has 1 atom stereocenters. The highest BCUT2D eigenvalue weighted by Gasteiger charge is 2.30. The second-order valence-electron chi connectivity index (χ2n) is 5.65. The minimum atomic E-state index is -0.926. The maximum Gasteiger partial charge on any atom is 0.310 e. The molecular weight excluding hydrogens is 234 g/mol. The molecule has 0 bridgehead atoms. The molecular formula is C13H23NO4. The van der Waals surface area contributed by atoms with Gasteiger partial charge < -0.3 is 15.2 Å². The summed E-state index contributed by atoms with van der Waals surface area (Å²) < 4.78 is 5.27. The number of carbonyl (C=O) groups excluding carboxylic acids is 1. The van der Waals surface area contributed by atoms with Gasteiger partial charge in [-0.25, -0.2) is 0 Å². The fraction of sp³-hybridized carbons (Fsp3) is 0.846. The van der Waals surface area contributed by atoms with E-state index in [4.69, 9.17) is 9.84 Å². The van der Waals surface area contributed by atoms with E-state index in [1.165, 1.54) is 0 Å². The Hall–Kier alpha value is -1.10. The van der Waals surface area contributed by atoms with E-state index in [2.05, 4.69) is 5.32 Å². The lowest BCUT2D eigenvalue weighted by Crippen LogP contribution is -2.42. The monoisotopic (exact) mass is 257 g/mol. The van der Waals surface area contributed by atoms with Crippen molar-refractivity contribution in [2.24, 2.45) is 17.3 Å². The van der Waals surface area contributed by atoms with E-state index < -0.39 is 11.4 Å². The van der Waals surface area contributed by atoms with E-state index in [9.17, 15) is 9.59 Å². The Morgan fingerprint density at radius 3 is 2.44 bits per heavy atom. The zero-order valence-corrected chi connectivity index (χ0v) is 11.4. The molecule has 1 rings (SSSR count). The van der Waals surface area contributed by atoms with Crippen molar-refractivity contribution in [2.45, 2.75) is 33.6 Å². The topological polar surface area (TPSA) is 75.6 Å². The van der Waals surface area contributed by atoms with Crippen molar-refractivity contribution >= 4 is 11.9 Å². The fourth-order valence-electron chi connectivity index (χ4n) is 1.97. The van der Waals surface area contributed by atoms with Crippen LogP contribution in [0.25, 0.3) is 0 Å². The first-order valence-corrected chi connectivity index (χ1v) is 6.43. The molecule has 0 aliphatic carbocycles. The van der Waals surface area contributed by atoms with Crippen LogP contribution in [0.2, 0.25) is 0 Å². The zero-order valence-electron chi connectivity index (χ0n) is 11.4.